The van der Waals surface area contributed by atoms with Crippen LogP contribution in [0.5, 0.6) is 0 Å². The maximum Gasteiger partial charge on any atom is 0.223 e. The van der Waals surface area contributed by atoms with Crippen LogP contribution in [-0.4, -0.2) is 33.7 Å². The lowest BCUT2D eigenvalue weighted by atomic mass is 10.1. The molecule has 0 radical (unpaired) electrons. The first-order valence-electron chi connectivity index (χ1n) is 8.61. The lowest BCUT2D eigenvalue weighted by Gasteiger charge is -2.23. The van der Waals surface area contributed by atoms with Crippen LogP contribution in [0, 0.1) is 12.3 Å². The average molecular weight is 331 g/mol. The Morgan fingerprint density at radius 2 is 2.24 bits per heavy atom. The molecule has 0 saturated carbocycles. The highest BCUT2D eigenvalue weighted by atomic mass is 15.1. The fourth-order valence-corrected chi connectivity index (χ4v) is 3.45. The summed E-state index contributed by atoms with van der Waals surface area (Å²) in [5, 5.41) is 7.98. The predicted molar refractivity (Wildman–Crippen MR) is 101 cm³/mol. The Kier molecular flexibility index (Phi) is 4.12. The van der Waals surface area contributed by atoms with Crippen molar-refractivity contribution in [3.05, 3.63) is 42.2 Å². The zero-order valence-corrected chi connectivity index (χ0v) is 14.3. The number of benzene rings is 1. The van der Waals surface area contributed by atoms with Crippen molar-refractivity contribution in [2.24, 2.45) is 7.05 Å². The van der Waals surface area contributed by atoms with Crippen LogP contribution in [0.3, 0.4) is 0 Å². The molecule has 1 aliphatic rings. The van der Waals surface area contributed by atoms with Crippen LogP contribution in [0.15, 0.2) is 36.7 Å². The smallest absolute Gasteiger partial charge is 0.223 e. The first-order chi connectivity index (χ1) is 12.3. The Hall–Kier alpha value is -2.84. The number of nitrogens with one attached hydrogen (secondary N) is 2. The molecule has 5 heteroatoms. The van der Waals surface area contributed by atoms with E-state index in [9.17, 15) is 0 Å². The van der Waals surface area contributed by atoms with Gasteiger partial charge in [0.1, 0.15) is 0 Å². The van der Waals surface area contributed by atoms with Gasteiger partial charge < -0.3 is 15.2 Å². The first-order valence-corrected chi connectivity index (χ1v) is 8.61. The van der Waals surface area contributed by atoms with Gasteiger partial charge in [-0.2, -0.15) is 0 Å². The number of aryl methyl sites for hydroxylation is 1. The van der Waals surface area contributed by atoms with Gasteiger partial charge in [0.25, 0.3) is 0 Å². The van der Waals surface area contributed by atoms with Crippen molar-refractivity contribution in [1.82, 2.24) is 19.9 Å². The Morgan fingerprint density at radius 3 is 3.04 bits per heavy atom. The minimum atomic E-state index is 0.353. The number of aromatic nitrogens is 3. The second kappa shape index (κ2) is 6.58. The summed E-state index contributed by atoms with van der Waals surface area (Å²) in [6.45, 7) is 2.01. The van der Waals surface area contributed by atoms with Crippen LogP contribution in [0.25, 0.3) is 22.2 Å². The molecule has 1 aromatic carbocycles. The molecule has 126 valence electrons. The van der Waals surface area contributed by atoms with Gasteiger partial charge in [0.2, 0.25) is 5.95 Å². The van der Waals surface area contributed by atoms with E-state index in [2.05, 4.69) is 44.4 Å². The van der Waals surface area contributed by atoms with Gasteiger partial charge in [-0.3, -0.25) is 0 Å². The third-order valence-electron chi connectivity index (χ3n) is 4.73. The standard InChI is InChI=1S/C20H21N5/c1-3-14-11-22-20(23-15-7-6-10-21-12-15)24-19(14)17-13-25(2)18-9-5-4-8-16(17)18/h1,4-5,8-9,11,13,15,21H,6-7,10,12H2,2H3,(H,22,23,24)/t15-/m0/s1. The van der Waals surface area contributed by atoms with Gasteiger partial charge in [0.05, 0.1) is 11.3 Å². The Morgan fingerprint density at radius 1 is 1.36 bits per heavy atom. The number of terminal acetylenes is 1. The Bertz CT molecular complexity index is 944. The van der Waals surface area contributed by atoms with Crippen molar-refractivity contribution < 1.29 is 0 Å². The molecule has 3 heterocycles. The molecular formula is C20H21N5. The minimum Gasteiger partial charge on any atom is -0.350 e. The quantitative estimate of drug-likeness (QED) is 0.725. The zero-order chi connectivity index (χ0) is 17.2. The molecule has 0 amide bonds. The van der Waals surface area contributed by atoms with Gasteiger partial charge in [0, 0.05) is 48.5 Å². The van der Waals surface area contributed by atoms with Gasteiger partial charge in [0.15, 0.2) is 0 Å². The summed E-state index contributed by atoms with van der Waals surface area (Å²) < 4.78 is 2.10. The molecule has 2 N–H and O–H groups in total. The highest BCUT2D eigenvalue weighted by Crippen LogP contribution is 2.31. The van der Waals surface area contributed by atoms with Crippen molar-refractivity contribution in [1.29, 1.82) is 0 Å². The SMILES string of the molecule is C#Cc1cnc(N[C@H]2CCCNC2)nc1-c1cn(C)c2ccccc12. The van der Waals surface area contributed by atoms with Gasteiger partial charge >= 0.3 is 0 Å². The van der Waals surface area contributed by atoms with Crippen molar-refractivity contribution in [3.63, 3.8) is 0 Å². The van der Waals surface area contributed by atoms with Crippen molar-refractivity contribution >= 4 is 16.9 Å². The van der Waals surface area contributed by atoms with Gasteiger partial charge in [-0.1, -0.05) is 24.1 Å². The topological polar surface area (TPSA) is 54.8 Å². The second-order valence-corrected chi connectivity index (χ2v) is 6.46. The summed E-state index contributed by atoms with van der Waals surface area (Å²) in [7, 11) is 2.04. The van der Waals surface area contributed by atoms with Crippen LogP contribution < -0.4 is 10.6 Å². The maximum absolute atomic E-state index is 5.71. The molecule has 5 nitrogen and oxygen atoms in total. The number of rotatable bonds is 3. The van der Waals surface area contributed by atoms with Crippen molar-refractivity contribution in [2.45, 2.75) is 18.9 Å². The van der Waals surface area contributed by atoms with Crippen LogP contribution in [-0.2, 0) is 7.05 Å². The van der Waals surface area contributed by atoms with Crippen LogP contribution in [0.2, 0.25) is 0 Å². The Labute approximate surface area is 147 Å². The lowest BCUT2D eigenvalue weighted by molar-refractivity contribution is 0.478. The van der Waals surface area contributed by atoms with E-state index in [1.807, 2.05) is 19.2 Å². The number of anilines is 1. The van der Waals surface area contributed by atoms with Gasteiger partial charge in [-0.25, -0.2) is 9.97 Å². The van der Waals surface area contributed by atoms with Crippen molar-refractivity contribution in [3.8, 4) is 23.6 Å². The van der Waals surface area contributed by atoms with Gasteiger partial charge in [-0.15, -0.1) is 6.42 Å². The molecule has 0 bridgehead atoms. The molecule has 1 atom stereocenters. The molecule has 0 spiro atoms. The zero-order valence-electron chi connectivity index (χ0n) is 14.3. The molecule has 1 aliphatic heterocycles. The number of para-hydroxylation sites is 1. The Balaban J connectivity index is 1.77. The molecule has 4 rings (SSSR count). The van der Waals surface area contributed by atoms with E-state index in [1.165, 1.54) is 0 Å². The summed E-state index contributed by atoms with van der Waals surface area (Å²) in [6, 6.07) is 8.63. The highest BCUT2D eigenvalue weighted by molar-refractivity contribution is 5.96. The average Bonchev–Trinajstić information content (AvgIpc) is 3.00. The van der Waals surface area contributed by atoms with Crippen LogP contribution >= 0.6 is 0 Å². The third kappa shape index (κ3) is 2.97. The predicted octanol–water partition coefficient (Wildman–Crippen LogP) is 2.78. The molecule has 1 fully saturated rings. The third-order valence-corrected chi connectivity index (χ3v) is 4.73. The normalized spacial score (nSPS) is 17.4. The molecule has 25 heavy (non-hydrogen) atoms. The lowest BCUT2D eigenvalue weighted by Crippen LogP contribution is -2.38. The number of fused-ring (bicyclic) bond motifs is 1. The van der Waals surface area contributed by atoms with E-state index < -0.39 is 0 Å². The summed E-state index contributed by atoms with van der Waals surface area (Å²) in [6.07, 6.45) is 11.8. The first kappa shape index (κ1) is 15.7. The van der Waals surface area contributed by atoms with E-state index in [4.69, 9.17) is 11.4 Å². The minimum absolute atomic E-state index is 0.353. The monoisotopic (exact) mass is 331 g/mol. The molecule has 0 unspecified atom stereocenters. The number of piperidine rings is 1. The molecular weight excluding hydrogens is 310 g/mol. The van der Waals surface area contributed by atoms with E-state index in [1.54, 1.807) is 6.20 Å². The molecule has 2 aromatic heterocycles. The van der Waals surface area contributed by atoms with Crippen molar-refractivity contribution in [2.75, 3.05) is 18.4 Å². The van der Waals surface area contributed by atoms with E-state index in [0.717, 1.165) is 48.1 Å². The fraction of sp³-hybridized carbons (Fsp3) is 0.300. The summed E-state index contributed by atoms with van der Waals surface area (Å²) in [5.41, 5.74) is 3.72. The molecule has 0 aliphatic carbocycles. The number of nitrogens with zero attached hydrogens (tertiary/aromatic N) is 3. The van der Waals surface area contributed by atoms with Crippen LogP contribution in [0.1, 0.15) is 18.4 Å². The summed E-state index contributed by atoms with van der Waals surface area (Å²) in [5.74, 6) is 3.36. The highest BCUT2D eigenvalue weighted by Gasteiger charge is 2.17. The second-order valence-electron chi connectivity index (χ2n) is 6.46. The fourth-order valence-electron chi connectivity index (χ4n) is 3.45. The molecule has 1 saturated heterocycles. The van der Waals surface area contributed by atoms with Crippen LogP contribution in [0.4, 0.5) is 5.95 Å². The maximum atomic E-state index is 5.71. The van der Waals surface area contributed by atoms with E-state index in [-0.39, 0.29) is 0 Å². The van der Waals surface area contributed by atoms with E-state index in [0.29, 0.717) is 17.6 Å². The summed E-state index contributed by atoms with van der Waals surface area (Å²) >= 11 is 0. The molecule has 3 aromatic rings. The number of hydrogen-bond acceptors (Lipinski definition) is 4. The number of hydrogen-bond donors (Lipinski definition) is 2. The largest absolute Gasteiger partial charge is 0.350 e. The van der Waals surface area contributed by atoms with Gasteiger partial charge in [-0.05, 0) is 25.5 Å². The van der Waals surface area contributed by atoms with E-state index >= 15 is 0 Å². The summed E-state index contributed by atoms with van der Waals surface area (Å²) in [4.78, 5) is 9.18.